The van der Waals surface area contributed by atoms with E-state index < -0.39 is 0 Å². The van der Waals surface area contributed by atoms with Gasteiger partial charge in [-0.25, -0.2) is 9.97 Å². The van der Waals surface area contributed by atoms with Gasteiger partial charge < -0.3 is 0 Å². The summed E-state index contributed by atoms with van der Waals surface area (Å²) in [6.07, 6.45) is 1.19. The Morgan fingerprint density at radius 3 is 2.15 bits per heavy atom. The number of rotatable bonds is 1. The summed E-state index contributed by atoms with van der Waals surface area (Å²) >= 11 is 6.73. The molecule has 70 valence electrons. The van der Waals surface area contributed by atoms with Crippen LogP contribution in [0.4, 0.5) is 0 Å². The SMILES string of the molecule is CC1(C)CC1c1nc(Br)cc(Br)n1. The molecule has 0 spiro atoms. The summed E-state index contributed by atoms with van der Waals surface area (Å²) < 4.78 is 1.71. The van der Waals surface area contributed by atoms with Gasteiger partial charge in [0.25, 0.3) is 0 Å². The Balaban J connectivity index is 2.32. The standard InChI is InChI=1S/C9H10Br2N2/c1-9(2)4-5(9)8-12-6(10)3-7(11)13-8/h3,5H,4H2,1-2H3. The first kappa shape index (κ1) is 9.59. The molecule has 2 nitrogen and oxygen atoms in total. The molecule has 0 aliphatic heterocycles. The molecule has 1 aromatic heterocycles. The van der Waals surface area contributed by atoms with Crippen LogP contribution in [0.25, 0.3) is 0 Å². The maximum atomic E-state index is 4.37. The molecule has 4 heteroatoms. The number of hydrogen-bond donors (Lipinski definition) is 0. The molecule has 1 aliphatic carbocycles. The lowest BCUT2D eigenvalue weighted by molar-refractivity contribution is 0.607. The Labute approximate surface area is 94.4 Å². The lowest BCUT2D eigenvalue weighted by atomic mass is 10.1. The van der Waals surface area contributed by atoms with Gasteiger partial charge in [-0.2, -0.15) is 0 Å². The average Bonchev–Trinajstić information content (AvgIpc) is 2.57. The number of hydrogen-bond acceptors (Lipinski definition) is 2. The van der Waals surface area contributed by atoms with Gasteiger partial charge in [0.2, 0.25) is 0 Å². The Bertz CT molecular complexity index is 329. The minimum Gasteiger partial charge on any atom is -0.226 e. The second-order valence-electron chi connectivity index (χ2n) is 4.12. The summed E-state index contributed by atoms with van der Waals surface area (Å²) in [5.41, 5.74) is 0.389. The second kappa shape index (κ2) is 3.02. The third-order valence-corrected chi connectivity index (χ3v) is 3.32. The van der Waals surface area contributed by atoms with Gasteiger partial charge in [-0.3, -0.25) is 0 Å². The maximum Gasteiger partial charge on any atom is 0.134 e. The van der Waals surface area contributed by atoms with Crippen molar-refractivity contribution in [3.8, 4) is 0 Å². The third kappa shape index (κ3) is 1.94. The van der Waals surface area contributed by atoms with Crippen molar-refractivity contribution in [1.29, 1.82) is 0 Å². The van der Waals surface area contributed by atoms with E-state index in [2.05, 4.69) is 55.7 Å². The molecular weight excluding hydrogens is 296 g/mol. The van der Waals surface area contributed by atoms with Gasteiger partial charge in [0.1, 0.15) is 15.0 Å². The van der Waals surface area contributed by atoms with Gasteiger partial charge in [0.05, 0.1) is 0 Å². The molecule has 2 rings (SSSR count). The molecule has 1 aliphatic rings. The highest BCUT2D eigenvalue weighted by molar-refractivity contribution is 9.11. The fourth-order valence-electron chi connectivity index (χ4n) is 1.47. The molecule has 0 aromatic carbocycles. The van der Waals surface area contributed by atoms with Gasteiger partial charge in [0.15, 0.2) is 0 Å². The molecule has 0 amide bonds. The smallest absolute Gasteiger partial charge is 0.134 e. The molecule has 1 saturated carbocycles. The van der Waals surface area contributed by atoms with Gasteiger partial charge >= 0.3 is 0 Å². The third-order valence-electron chi connectivity index (χ3n) is 2.51. The minimum atomic E-state index is 0.389. The molecule has 1 atom stereocenters. The molecule has 1 fully saturated rings. The van der Waals surface area contributed by atoms with Crippen LogP contribution in [0.5, 0.6) is 0 Å². The van der Waals surface area contributed by atoms with E-state index in [1.165, 1.54) is 6.42 Å². The summed E-state index contributed by atoms with van der Waals surface area (Å²) in [5.74, 6) is 1.48. The molecule has 0 N–H and O–H groups in total. The van der Waals surface area contributed by atoms with E-state index in [1.807, 2.05) is 6.07 Å². The van der Waals surface area contributed by atoms with Gasteiger partial charge in [0, 0.05) is 12.0 Å². The summed E-state index contributed by atoms with van der Waals surface area (Å²) in [7, 11) is 0. The first-order valence-electron chi connectivity index (χ1n) is 4.19. The second-order valence-corrected chi connectivity index (χ2v) is 5.74. The highest BCUT2D eigenvalue weighted by Gasteiger charge is 2.48. The van der Waals surface area contributed by atoms with Crippen molar-refractivity contribution in [3.63, 3.8) is 0 Å². The van der Waals surface area contributed by atoms with Crippen molar-refractivity contribution in [2.45, 2.75) is 26.2 Å². The van der Waals surface area contributed by atoms with Crippen LogP contribution in [-0.2, 0) is 0 Å². The van der Waals surface area contributed by atoms with Crippen LogP contribution in [0.1, 0.15) is 32.0 Å². The molecular formula is C9H10Br2N2. The van der Waals surface area contributed by atoms with Crippen LogP contribution in [0.3, 0.4) is 0 Å². The first-order valence-corrected chi connectivity index (χ1v) is 5.77. The lowest BCUT2D eigenvalue weighted by Crippen LogP contribution is -1.97. The van der Waals surface area contributed by atoms with Crippen LogP contribution >= 0.6 is 31.9 Å². The largest absolute Gasteiger partial charge is 0.226 e. The van der Waals surface area contributed by atoms with E-state index in [1.54, 1.807) is 0 Å². The molecule has 0 saturated heterocycles. The average molecular weight is 306 g/mol. The highest BCUT2D eigenvalue weighted by Crippen LogP contribution is 2.57. The molecule has 13 heavy (non-hydrogen) atoms. The molecule has 1 heterocycles. The fraction of sp³-hybridized carbons (Fsp3) is 0.556. The number of aromatic nitrogens is 2. The van der Waals surface area contributed by atoms with E-state index in [0.29, 0.717) is 11.3 Å². The minimum absolute atomic E-state index is 0.389. The fourth-order valence-corrected chi connectivity index (χ4v) is 2.57. The Kier molecular flexibility index (Phi) is 2.23. The van der Waals surface area contributed by atoms with E-state index in [4.69, 9.17) is 0 Å². The maximum absolute atomic E-state index is 4.37. The quantitative estimate of drug-likeness (QED) is 0.742. The number of nitrogens with zero attached hydrogens (tertiary/aromatic N) is 2. The summed E-state index contributed by atoms with van der Waals surface area (Å²) in [6, 6.07) is 1.86. The zero-order chi connectivity index (χ0) is 9.64. The van der Waals surface area contributed by atoms with Crippen molar-refractivity contribution < 1.29 is 0 Å². The van der Waals surface area contributed by atoms with E-state index in [9.17, 15) is 0 Å². The highest BCUT2D eigenvalue weighted by atomic mass is 79.9. The molecule has 0 radical (unpaired) electrons. The Morgan fingerprint density at radius 1 is 1.31 bits per heavy atom. The van der Waals surface area contributed by atoms with E-state index in [0.717, 1.165) is 15.0 Å². The topological polar surface area (TPSA) is 25.8 Å². The molecule has 0 bridgehead atoms. The monoisotopic (exact) mass is 304 g/mol. The van der Waals surface area contributed by atoms with E-state index in [-0.39, 0.29) is 0 Å². The molecule has 1 unspecified atom stereocenters. The van der Waals surface area contributed by atoms with Crippen LogP contribution in [0.15, 0.2) is 15.3 Å². The predicted octanol–water partition coefficient (Wildman–Crippen LogP) is 3.52. The summed E-state index contributed by atoms with van der Waals surface area (Å²) in [5, 5.41) is 0. The van der Waals surface area contributed by atoms with Gasteiger partial charge in [-0.05, 0) is 43.7 Å². The van der Waals surface area contributed by atoms with Crippen molar-refractivity contribution in [3.05, 3.63) is 21.1 Å². The van der Waals surface area contributed by atoms with Crippen molar-refractivity contribution in [2.24, 2.45) is 5.41 Å². The van der Waals surface area contributed by atoms with Crippen LogP contribution < -0.4 is 0 Å². The van der Waals surface area contributed by atoms with Crippen molar-refractivity contribution >= 4 is 31.9 Å². The molecule has 1 aromatic rings. The van der Waals surface area contributed by atoms with Crippen molar-refractivity contribution in [1.82, 2.24) is 9.97 Å². The number of halogens is 2. The van der Waals surface area contributed by atoms with Crippen LogP contribution in [-0.4, -0.2) is 9.97 Å². The Morgan fingerprint density at radius 2 is 1.77 bits per heavy atom. The van der Waals surface area contributed by atoms with Crippen molar-refractivity contribution in [2.75, 3.05) is 0 Å². The van der Waals surface area contributed by atoms with Gasteiger partial charge in [-0.1, -0.05) is 13.8 Å². The van der Waals surface area contributed by atoms with Crippen LogP contribution in [0, 0.1) is 5.41 Å². The zero-order valence-corrected chi connectivity index (χ0v) is 10.7. The first-order chi connectivity index (χ1) is 5.99. The summed E-state index contributed by atoms with van der Waals surface area (Å²) in [4.78, 5) is 8.73. The predicted molar refractivity (Wildman–Crippen MR) is 58.6 cm³/mol. The zero-order valence-electron chi connectivity index (χ0n) is 7.51. The van der Waals surface area contributed by atoms with E-state index >= 15 is 0 Å². The Hall–Kier alpha value is 0.0400. The van der Waals surface area contributed by atoms with Crippen LogP contribution in [0.2, 0.25) is 0 Å². The van der Waals surface area contributed by atoms with Gasteiger partial charge in [-0.15, -0.1) is 0 Å². The summed E-state index contributed by atoms with van der Waals surface area (Å²) in [6.45, 7) is 4.49. The lowest BCUT2D eigenvalue weighted by Gasteiger charge is -2.02. The normalized spacial score (nSPS) is 24.5.